The predicted octanol–water partition coefficient (Wildman–Crippen LogP) is -0.411. The Hall–Kier alpha value is -0.850. The van der Waals surface area contributed by atoms with Gasteiger partial charge in [-0.1, -0.05) is 0 Å². The molecule has 6 nitrogen and oxygen atoms in total. The van der Waals surface area contributed by atoms with Gasteiger partial charge in [-0.2, -0.15) is 0 Å². The van der Waals surface area contributed by atoms with E-state index in [1.165, 1.54) is 0 Å². The molecule has 1 fully saturated rings. The van der Waals surface area contributed by atoms with Crippen molar-refractivity contribution in [3.8, 4) is 0 Å². The van der Waals surface area contributed by atoms with E-state index >= 15 is 0 Å². The molecule has 1 aliphatic rings. The number of hydrogen-bond acceptors (Lipinski definition) is 5. The summed E-state index contributed by atoms with van der Waals surface area (Å²) in [6.45, 7) is 1.46. The maximum Gasteiger partial charge on any atom is 0.409 e. The average molecular weight is 233 g/mol. The molecule has 2 N–H and O–H groups in total. The van der Waals surface area contributed by atoms with Crippen molar-refractivity contribution in [1.82, 2.24) is 4.90 Å². The van der Waals surface area contributed by atoms with Crippen molar-refractivity contribution in [3.05, 3.63) is 0 Å². The number of nitrogens with zero attached hydrogens (tertiary/aromatic N) is 1. The third-order valence-corrected chi connectivity index (χ3v) is 2.46. The molecule has 1 saturated heterocycles. The molecule has 0 aromatic carbocycles. The van der Waals surface area contributed by atoms with Gasteiger partial charge in [-0.15, -0.1) is 0 Å². The molecule has 0 saturated carbocycles. The van der Waals surface area contributed by atoms with Gasteiger partial charge in [0.05, 0.1) is 25.9 Å². The monoisotopic (exact) mass is 233 g/mol. The molecule has 1 rings (SSSR count). The summed E-state index contributed by atoms with van der Waals surface area (Å²) in [4.78, 5) is 13.0. The number of rotatable bonds is 5. The van der Waals surface area contributed by atoms with E-state index in [1.807, 2.05) is 0 Å². The summed E-state index contributed by atoms with van der Waals surface area (Å²) in [5.41, 5.74) is 0. The second-order valence-electron chi connectivity index (χ2n) is 3.62. The maximum atomic E-state index is 11.4. The normalized spacial score (nSPS) is 17.5. The maximum absolute atomic E-state index is 11.4. The van der Waals surface area contributed by atoms with Crippen molar-refractivity contribution < 1.29 is 24.5 Å². The van der Waals surface area contributed by atoms with Crippen LogP contribution in [0.1, 0.15) is 12.8 Å². The molecule has 0 bridgehead atoms. The van der Waals surface area contributed by atoms with Crippen molar-refractivity contribution in [2.75, 3.05) is 39.5 Å². The lowest BCUT2D eigenvalue weighted by molar-refractivity contribution is -0.00907. The van der Waals surface area contributed by atoms with Gasteiger partial charge in [0.25, 0.3) is 0 Å². The Morgan fingerprint density at radius 1 is 1.19 bits per heavy atom. The number of amides is 1. The summed E-state index contributed by atoms with van der Waals surface area (Å²) in [6, 6.07) is 0. The molecule has 0 spiro atoms. The molecule has 6 heteroatoms. The van der Waals surface area contributed by atoms with E-state index in [2.05, 4.69) is 0 Å². The highest BCUT2D eigenvalue weighted by Gasteiger charge is 2.23. The zero-order valence-electron chi connectivity index (χ0n) is 9.30. The Morgan fingerprint density at radius 2 is 1.81 bits per heavy atom. The number of ether oxygens (including phenoxy) is 2. The molecule has 0 aromatic heterocycles. The van der Waals surface area contributed by atoms with Crippen LogP contribution in [-0.4, -0.2) is 66.8 Å². The van der Waals surface area contributed by atoms with Crippen LogP contribution in [0, 0.1) is 0 Å². The van der Waals surface area contributed by atoms with Gasteiger partial charge in [0, 0.05) is 13.1 Å². The minimum atomic E-state index is -0.380. The largest absolute Gasteiger partial charge is 0.447 e. The first-order valence-corrected chi connectivity index (χ1v) is 5.53. The van der Waals surface area contributed by atoms with E-state index < -0.39 is 0 Å². The fourth-order valence-electron chi connectivity index (χ4n) is 1.65. The van der Waals surface area contributed by atoms with Crippen LogP contribution in [-0.2, 0) is 9.47 Å². The first kappa shape index (κ1) is 13.2. The van der Waals surface area contributed by atoms with Gasteiger partial charge in [-0.25, -0.2) is 4.79 Å². The smallest absolute Gasteiger partial charge is 0.409 e. The molecule has 0 aromatic rings. The topological polar surface area (TPSA) is 79.2 Å². The minimum absolute atomic E-state index is 0.0265. The fraction of sp³-hybridized carbons (Fsp3) is 0.900. The van der Waals surface area contributed by atoms with E-state index in [0.717, 1.165) is 12.8 Å². The SMILES string of the molecule is O=C(OCCO)N1CCC(OCCO)CC1. The van der Waals surface area contributed by atoms with Crippen LogP contribution in [0.25, 0.3) is 0 Å². The zero-order chi connectivity index (χ0) is 11.8. The molecular weight excluding hydrogens is 214 g/mol. The molecule has 1 heterocycles. The van der Waals surface area contributed by atoms with Crippen LogP contribution < -0.4 is 0 Å². The predicted molar refractivity (Wildman–Crippen MR) is 56.1 cm³/mol. The molecule has 0 atom stereocenters. The summed E-state index contributed by atoms with van der Waals surface area (Å²) >= 11 is 0. The van der Waals surface area contributed by atoms with Gasteiger partial charge in [0.2, 0.25) is 0 Å². The standard InChI is InChI=1S/C10H19NO5/c12-5-7-15-9-1-3-11(4-2-9)10(14)16-8-6-13/h9,12-13H,1-8H2. The van der Waals surface area contributed by atoms with E-state index in [1.54, 1.807) is 4.90 Å². The quantitative estimate of drug-likeness (QED) is 0.674. The van der Waals surface area contributed by atoms with Crippen molar-refractivity contribution in [3.63, 3.8) is 0 Å². The van der Waals surface area contributed by atoms with Gasteiger partial charge < -0.3 is 24.6 Å². The van der Waals surface area contributed by atoms with Crippen molar-refractivity contribution in [2.24, 2.45) is 0 Å². The van der Waals surface area contributed by atoms with Crippen molar-refractivity contribution in [2.45, 2.75) is 18.9 Å². The lowest BCUT2D eigenvalue weighted by atomic mass is 10.1. The average Bonchev–Trinajstić information content (AvgIpc) is 2.34. The summed E-state index contributed by atoms with van der Waals surface area (Å²) in [5, 5.41) is 17.1. The Balaban J connectivity index is 2.18. The van der Waals surface area contributed by atoms with Crippen molar-refractivity contribution in [1.29, 1.82) is 0 Å². The second kappa shape index (κ2) is 7.43. The summed E-state index contributed by atoms with van der Waals surface area (Å²) in [5.74, 6) is 0. The Labute approximate surface area is 94.8 Å². The number of likely N-dealkylation sites (tertiary alicyclic amines) is 1. The number of carbonyl (C=O) groups is 1. The van der Waals surface area contributed by atoms with Crippen LogP contribution >= 0.6 is 0 Å². The molecule has 1 amide bonds. The van der Waals surface area contributed by atoms with Crippen LogP contribution in [0.3, 0.4) is 0 Å². The second-order valence-corrected chi connectivity index (χ2v) is 3.62. The fourth-order valence-corrected chi connectivity index (χ4v) is 1.65. The Morgan fingerprint density at radius 3 is 2.38 bits per heavy atom. The van der Waals surface area contributed by atoms with E-state index in [4.69, 9.17) is 19.7 Å². The number of piperidine rings is 1. The van der Waals surface area contributed by atoms with Crippen LogP contribution in [0.5, 0.6) is 0 Å². The lowest BCUT2D eigenvalue weighted by Gasteiger charge is -2.31. The minimum Gasteiger partial charge on any atom is -0.447 e. The van der Waals surface area contributed by atoms with Gasteiger partial charge in [0.1, 0.15) is 6.61 Å². The first-order valence-electron chi connectivity index (χ1n) is 5.53. The van der Waals surface area contributed by atoms with Gasteiger partial charge in [0.15, 0.2) is 0 Å². The van der Waals surface area contributed by atoms with Crippen molar-refractivity contribution >= 4 is 6.09 Å². The number of aliphatic hydroxyl groups is 2. The molecule has 94 valence electrons. The van der Waals surface area contributed by atoms with E-state index in [0.29, 0.717) is 19.7 Å². The van der Waals surface area contributed by atoms with E-state index in [9.17, 15) is 4.79 Å². The summed E-state index contributed by atoms with van der Waals surface area (Å²) in [6.07, 6.45) is 1.26. The van der Waals surface area contributed by atoms with Crippen LogP contribution in [0.4, 0.5) is 4.79 Å². The number of hydrogen-bond donors (Lipinski definition) is 2. The Bertz CT molecular complexity index is 203. The van der Waals surface area contributed by atoms with Crippen LogP contribution in [0.15, 0.2) is 0 Å². The zero-order valence-corrected chi connectivity index (χ0v) is 9.30. The molecular formula is C10H19NO5. The summed E-state index contributed by atoms with van der Waals surface area (Å²) in [7, 11) is 0. The number of aliphatic hydroxyl groups excluding tert-OH is 2. The van der Waals surface area contributed by atoms with Gasteiger partial charge in [-0.05, 0) is 12.8 Å². The first-order chi connectivity index (χ1) is 7.77. The molecule has 0 unspecified atom stereocenters. The highest BCUT2D eigenvalue weighted by Crippen LogP contribution is 2.14. The van der Waals surface area contributed by atoms with Gasteiger partial charge >= 0.3 is 6.09 Å². The molecule has 16 heavy (non-hydrogen) atoms. The highest BCUT2D eigenvalue weighted by molar-refractivity contribution is 5.67. The lowest BCUT2D eigenvalue weighted by Crippen LogP contribution is -2.41. The molecule has 0 radical (unpaired) electrons. The van der Waals surface area contributed by atoms with Crippen LogP contribution in [0.2, 0.25) is 0 Å². The van der Waals surface area contributed by atoms with Gasteiger partial charge in [-0.3, -0.25) is 0 Å². The third-order valence-electron chi connectivity index (χ3n) is 2.46. The van der Waals surface area contributed by atoms with E-state index in [-0.39, 0.29) is 32.0 Å². The molecule has 1 aliphatic heterocycles. The Kier molecular flexibility index (Phi) is 6.14. The molecule has 0 aliphatic carbocycles. The number of carbonyl (C=O) groups excluding carboxylic acids is 1. The highest BCUT2D eigenvalue weighted by atomic mass is 16.6. The summed E-state index contributed by atoms with van der Waals surface area (Å²) < 4.78 is 10.2. The third kappa shape index (κ3) is 4.34.